The number of aromatic nitrogens is 3. The van der Waals surface area contributed by atoms with Crippen LogP contribution >= 0.6 is 11.6 Å². The minimum absolute atomic E-state index is 0.163. The molecule has 11 heteroatoms. The number of benzene rings is 1. The largest absolute Gasteiger partial charge is 0.405 e. The highest BCUT2D eigenvalue weighted by molar-refractivity contribution is 6.30. The lowest BCUT2D eigenvalue weighted by Crippen LogP contribution is -2.32. The van der Waals surface area contributed by atoms with Crippen LogP contribution in [0.2, 0.25) is 5.02 Å². The van der Waals surface area contributed by atoms with Crippen LogP contribution < -0.4 is 10.6 Å². The van der Waals surface area contributed by atoms with Crippen LogP contribution in [-0.4, -0.2) is 44.9 Å². The Morgan fingerprint density at radius 1 is 1.30 bits per heavy atom. The van der Waals surface area contributed by atoms with E-state index in [2.05, 4.69) is 20.6 Å². The highest BCUT2D eigenvalue weighted by Gasteiger charge is 2.27. The quantitative estimate of drug-likeness (QED) is 0.444. The summed E-state index contributed by atoms with van der Waals surface area (Å²) in [4.78, 5) is 21.1. The van der Waals surface area contributed by atoms with Gasteiger partial charge in [0.15, 0.2) is 0 Å². The summed E-state index contributed by atoms with van der Waals surface area (Å²) < 4.78 is 39.3. The topological polar surface area (TPSA) is 92.1 Å². The molecule has 0 unspecified atom stereocenters. The number of hydrogen-bond acceptors (Lipinski definition) is 5. The lowest BCUT2D eigenvalue weighted by Gasteiger charge is -2.17. The van der Waals surface area contributed by atoms with Gasteiger partial charge in [-0.25, -0.2) is 9.97 Å². The monoisotopic (exact) mass is 481 g/mol. The summed E-state index contributed by atoms with van der Waals surface area (Å²) in [5, 5.41) is 15.2. The fraction of sp³-hybridized carbons (Fsp3) is 0.318. The van der Waals surface area contributed by atoms with Crippen LogP contribution in [0.25, 0.3) is 11.3 Å². The molecule has 3 aromatic rings. The Morgan fingerprint density at radius 2 is 2.06 bits per heavy atom. The van der Waals surface area contributed by atoms with Crippen molar-refractivity contribution >= 4 is 23.5 Å². The number of nitrogens with zero attached hydrogens (tertiary/aromatic N) is 3. The summed E-state index contributed by atoms with van der Waals surface area (Å²) in [7, 11) is 0. The van der Waals surface area contributed by atoms with E-state index in [-0.39, 0.29) is 12.6 Å². The third-order valence-corrected chi connectivity index (χ3v) is 5.14. The van der Waals surface area contributed by atoms with Gasteiger partial charge in [-0.05, 0) is 43.2 Å². The molecule has 0 spiro atoms. The van der Waals surface area contributed by atoms with Gasteiger partial charge in [0.25, 0.3) is 5.91 Å². The van der Waals surface area contributed by atoms with Crippen LogP contribution in [0.15, 0.2) is 42.7 Å². The molecule has 0 saturated heterocycles. The molecule has 0 aliphatic rings. The van der Waals surface area contributed by atoms with E-state index in [1.165, 1.54) is 6.20 Å². The maximum Gasteiger partial charge on any atom is 0.405 e. The molecule has 3 N–H and O–H groups in total. The second-order valence-corrected chi connectivity index (χ2v) is 7.79. The zero-order valence-electron chi connectivity index (χ0n) is 17.9. The van der Waals surface area contributed by atoms with E-state index in [1.807, 2.05) is 6.92 Å². The zero-order valence-corrected chi connectivity index (χ0v) is 18.7. The van der Waals surface area contributed by atoms with Crippen LogP contribution in [-0.2, 0) is 6.54 Å². The molecule has 1 aromatic carbocycles. The Bertz CT molecular complexity index is 1130. The molecule has 1 amide bonds. The van der Waals surface area contributed by atoms with Crippen molar-refractivity contribution in [1.29, 1.82) is 0 Å². The third-order valence-electron chi connectivity index (χ3n) is 4.90. The summed E-state index contributed by atoms with van der Waals surface area (Å²) in [5.41, 5.74) is 2.57. The molecule has 3 rings (SSSR count). The number of amides is 1. The normalized spacial score (nSPS) is 12.5. The highest BCUT2D eigenvalue weighted by Crippen LogP contribution is 2.26. The molecule has 0 aliphatic heterocycles. The van der Waals surface area contributed by atoms with Crippen LogP contribution in [0.4, 0.5) is 19.1 Å². The van der Waals surface area contributed by atoms with E-state index < -0.39 is 24.7 Å². The van der Waals surface area contributed by atoms with E-state index in [0.717, 1.165) is 0 Å². The average molecular weight is 482 g/mol. The summed E-state index contributed by atoms with van der Waals surface area (Å²) in [6.45, 7) is 2.46. The second kappa shape index (κ2) is 10.2. The first kappa shape index (κ1) is 24.5. The van der Waals surface area contributed by atoms with Gasteiger partial charge in [0.1, 0.15) is 12.2 Å². The summed E-state index contributed by atoms with van der Waals surface area (Å²) in [5.74, 6) is -0.589. The average Bonchev–Trinajstić information content (AvgIpc) is 3.20. The van der Waals surface area contributed by atoms with Crippen molar-refractivity contribution in [3.8, 4) is 11.3 Å². The Labute approximate surface area is 193 Å². The van der Waals surface area contributed by atoms with E-state index in [9.17, 15) is 23.1 Å². The van der Waals surface area contributed by atoms with E-state index in [4.69, 9.17) is 11.6 Å². The van der Waals surface area contributed by atoms with Gasteiger partial charge in [0.2, 0.25) is 5.95 Å². The van der Waals surface area contributed by atoms with E-state index >= 15 is 0 Å². The molecular weight excluding hydrogens is 459 g/mol. The van der Waals surface area contributed by atoms with Crippen molar-refractivity contribution < 1.29 is 23.1 Å². The van der Waals surface area contributed by atoms with Crippen molar-refractivity contribution in [2.24, 2.45) is 0 Å². The molecule has 0 radical (unpaired) electrons. The van der Waals surface area contributed by atoms with Gasteiger partial charge in [0.05, 0.1) is 18.3 Å². The van der Waals surface area contributed by atoms with Gasteiger partial charge >= 0.3 is 6.18 Å². The molecule has 2 aromatic heterocycles. The molecule has 2 heterocycles. The number of alkyl halides is 3. The number of aliphatic hydroxyl groups is 1. The lowest BCUT2D eigenvalue weighted by atomic mass is 10.1. The van der Waals surface area contributed by atoms with Gasteiger partial charge in [-0.2, -0.15) is 13.2 Å². The maximum atomic E-state index is 13.0. The number of carbonyl (C=O) groups excluding carboxylic acids is 1. The molecule has 7 nitrogen and oxygen atoms in total. The van der Waals surface area contributed by atoms with Crippen molar-refractivity contribution in [2.75, 3.05) is 18.5 Å². The Balaban J connectivity index is 1.87. The Kier molecular flexibility index (Phi) is 7.60. The molecular formula is C22H23ClF3N5O2. The number of nitrogens with one attached hydrogen (secondary N) is 2. The molecule has 0 saturated carbocycles. The molecule has 176 valence electrons. The summed E-state index contributed by atoms with van der Waals surface area (Å²) in [6, 6.07) is 7.76. The van der Waals surface area contributed by atoms with Crippen LogP contribution in [0.1, 0.15) is 34.6 Å². The van der Waals surface area contributed by atoms with Crippen LogP contribution in [0.3, 0.4) is 0 Å². The second-order valence-electron chi connectivity index (χ2n) is 7.36. The standard InChI is InChI=1S/C22H23ClF3N5O2/c1-3-31-10-15(19-13(2)9-27-21(30-19)28-12-22(24,25)26)8-18(31)20(33)29-17(11-32)14-5-4-6-16(23)7-14/h4-10,17,32H,3,11-12H2,1-2H3,(H,29,33)(H,27,28,30)/t17-/m1/s1. The van der Waals surface area contributed by atoms with Gasteiger partial charge in [0, 0.05) is 29.5 Å². The van der Waals surface area contributed by atoms with Crippen molar-refractivity contribution in [3.63, 3.8) is 0 Å². The predicted octanol–water partition coefficient (Wildman–Crippen LogP) is 4.36. The number of halogens is 4. The maximum absolute atomic E-state index is 13.0. The zero-order chi connectivity index (χ0) is 24.2. The minimum Gasteiger partial charge on any atom is -0.394 e. The molecule has 0 aliphatic carbocycles. The highest BCUT2D eigenvalue weighted by atomic mass is 35.5. The molecule has 33 heavy (non-hydrogen) atoms. The Morgan fingerprint density at radius 3 is 2.70 bits per heavy atom. The van der Waals surface area contributed by atoms with Crippen molar-refractivity contribution in [3.05, 3.63) is 64.6 Å². The minimum atomic E-state index is -4.41. The van der Waals surface area contributed by atoms with Crippen molar-refractivity contribution in [2.45, 2.75) is 32.6 Å². The van der Waals surface area contributed by atoms with Crippen LogP contribution in [0.5, 0.6) is 0 Å². The number of aliphatic hydroxyl groups excluding tert-OH is 1. The summed E-state index contributed by atoms with van der Waals surface area (Å²) in [6.07, 6.45) is -1.28. The SMILES string of the molecule is CCn1cc(-c2nc(NCC(F)(F)F)ncc2C)cc1C(=O)N[C@H](CO)c1cccc(Cl)c1. The summed E-state index contributed by atoms with van der Waals surface area (Å²) >= 11 is 6.02. The Hall–Kier alpha value is -3.11. The number of carbonyl (C=O) groups is 1. The number of rotatable bonds is 8. The van der Waals surface area contributed by atoms with Crippen molar-refractivity contribution in [1.82, 2.24) is 19.9 Å². The van der Waals surface area contributed by atoms with Crippen LogP contribution in [0, 0.1) is 6.92 Å². The first-order chi connectivity index (χ1) is 15.6. The van der Waals surface area contributed by atoms with E-state index in [0.29, 0.717) is 39.6 Å². The number of aryl methyl sites for hydroxylation is 2. The third kappa shape index (κ3) is 6.23. The van der Waals surface area contributed by atoms with Gasteiger partial charge in [-0.3, -0.25) is 4.79 Å². The molecule has 1 atom stereocenters. The lowest BCUT2D eigenvalue weighted by molar-refractivity contribution is -0.115. The van der Waals surface area contributed by atoms with Gasteiger partial charge in [-0.15, -0.1) is 0 Å². The van der Waals surface area contributed by atoms with Gasteiger partial charge in [-0.1, -0.05) is 23.7 Å². The predicted molar refractivity (Wildman–Crippen MR) is 119 cm³/mol. The first-order valence-corrected chi connectivity index (χ1v) is 10.5. The molecule has 0 bridgehead atoms. The fourth-order valence-electron chi connectivity index (χ4n) is 3.28. The van der Waals surface area contributed by atoms with Gasteiger partial charge < -0.3 is 20.3 Å². The fourth-order valence-corrected chi connectivity index (χ4v) is 3.48. The first-order valence-electron chi connectivity index (χ1n) is 10.1. The number of anilines is 1. The number of hydrogen-bond donors (Lipinski definition) is 3. The molecule has 0 fully saturated rings. The van der Waals surface area contributed by atoms with E-state index in [1.54, 1.807) is 48.0 Å². The smallest absolute Gasteiger partial charge is 0.394 e.